The Morgan fingerprint density at radius 1 is 1.05 bits per heavy atom. The second-order valence-electron chi connectivity index (χ2n) is 7.28. The number of ether oxygens (including phenoxy) is 3. The topological polar surface area (TPSA) is 227 Å². The summed E-state index contributed by atoms with van der Waals surface area (Å²) in [7, 11) is -1.68. The summed E-state index contributed by atoms with van der Waals surface area (Å²) in [4.78, 5) is 30.5. The first kappa shape index (κ1) is 31.4. The van der Waals surface area contributed by atoms with Gasteiger partial charge in [0.25, 0.3) is 15.9 Å². The molecule has 0 atom stereocenters. The smallest absolute Gasteiger partial charge is 0.335 e. The molecule has 5 N–H and O–H groups in total. The Morgan fingerprint density at radius 3 is 2.18 bits per heavy atom. The zero-order valence-corrected chi connectivity index (χ0v) is 22.1. The van der Waals surface area contributed by atoms with Crippen LogP contribution in [0.4, 0.5) is 10.7 Å². The second-order valence-corrected chi connectivity index (χ2v) is 8.88. The van der Waals surface area contributed by atoms with Gasteiger partial charge in [-0.15, -0.1) is 0 Å². The minimum Gasteiger partial charge on any atom is -0.481 e. The molecular formula is C21H31N7O10S. The average molecular weight is 574 g/mol. The van der Waals surface area contributed by atoms with Gasteiger partial charge in [0.1, 0.15) is 6.61 Å². The van der Waals surface area contributed by atoms with Crippen molar-refractivity contribution < 1.29 is 47.6 Å². The highest BCUT2D eigenvalue weighted by molar-refractivity contribution is 7.90. The summed E-state index contributed by atoms with van der Waals surface area (Å²) in [5.74, 6) is -0.0847. The number of carbonyl (C=O) groups is 1. The maximum atomic E-state index is 12.7. The van der Waals surface area contributed by atoms with Gasteiger partial charge in [-0.1, -0.05) is 0 Å². The minimum atomic E-state index is -4.40. The molecule has 0 spiro atoms. The molecule has 2 amide bonds. The number of urea groups is 1. The Balaban J connectivity index is 0.000000455. The predicted molar refractivity (Wildman–Crippen MR) is 135 cm³/mol. The van der Waals surface area contributed by atoms with Crippen LogP contribution >= 0.6 is 0 Å². The number of aromatic nitrogens is 3. The molecule has 0 bridgehead atoms. The molecule has 0 saturated heterocycles. The molecule has 2 aromatic rings. The third kappa shape index (κ3) is 10.1. The van der Waals surface area contributed by atoms with Crippen molar-refractivity contribution in [1.82, 2.24) is 24.6 Å². The first-order chi connectivity index (χ1) is 18.8. The van der Waals surface area contributed by atoms with E-state index in [1.165, 1.54) is 38.6 Å². The van der Waals surface area contributed by atoms with Crippen LogP contribution in [0.3, 0.4) is 0 Å². The van der Waals surface area contributed by atoms with Crippen LogP contribution in [0.2, 0.25) is 0 Å². The molecule has 2 aromatic heterocycles. The number of amides is 2. The summed E-state index contributed by atoms with van der Waals surface area (Å²) in [5.41, 5.74) is 0.0341. The Labute approximate surface area is 224 Å². The highest BCUT2D eigenvalue weighted by atomic mass is 32.2. The number of oxime groups is 1. The minimum absolute atomic E-state index is 0.0341. The molecule has 18 heteroatoms. The van der Waals surface area contributed by atoms with Gasteiger partial charge in [0.15, 0.2) is 11.6 Å². The number of aliphatic hydroxyl groups is 3. The molecule has 0 radical (unpaired) electrons. The molecule has 3 rings (SSSR count). The highest BCUT2D eigenvalue weighted by Gasteiger charge is 2.27. The number of aliphatic hydroxyl groups excluding tert-OH is 3. The van der Waals surface area contributed by atoms with Crippen molar-refractivity contribution in [3.8, 4) is 11.8 Å². The summed E-state index contributed by atoms with van der Waals surface area (Å²) in [5, 5.41) is 30.8. The van der Waals surface area contributed by atoms with Gasteiger partial charge in [-0.05, 0) is 17.3 Å². The Hall–Kier alpha value is -3.84. The van der Waals surface area contributed by atoms with E-state index in [1.807, 2.05) is 4.72 Å². The van der Waals surface area contributed by atoms with E-state index in [-0.39, 0.29) is 62.2 Å². The summed E-state index contributed by atoms with van der Waals surface area (Å²) in [6.45, 7) is 2.18. The van der Waals surface area contributed by atoms with Gasteiger partial charge in [-0.25, -0.2) is 14.5 Å². The molecule has 0 fully saturated rings. The Bertz CT molecular complexity index is 1160. The van der Waals surface area contributed by atoms with Crippen molar-refractivity contribution >= 4 is 27.9 Å². The SMILES string of the molecule is COc1cc(OC)nc(NC(=O)NS(=O)(=O)c2ncccc2C2=NOCCO2)n1.OCCN(CCO)CCO. The maximum absolute atomic E-state index is 12.7. The van der Waals surface area contributed by atoms with E-state index in [0.717, 1.165) is 0 Å². The van der Waals surface area contributed by atoms with Crippen LogP contribution in [-0.4, -0.2) is 122 Å². The molecule has 0 saturated carbocycles. The van der Waals surface area contributed by atoms with E-state index in [0.29, 0.717) is 19.6 Å². The van der Waals surface area contributed by atoms with E-state index in [2.05, 4.69) is 25.4 Å². The average Bonchev–Trinajstić information content (AvgIpc) is 2.93. The number of nitrogens with zero attached hydrogens (tertiary/aromatic N) is 5. The number of sulfonamides is 1. The molecule has 0 aliphatic carbocycles. The molecule has 0 aromatic carbocycles. The Morgan fingerprint density at radius 2 is 1.67 bits per heavy atom. The predicted octanol–water partition coefficient (Wildman–Crippen LogP) is -1.63. The summed E-state index contributed by atoms with van der Waals surface area (Å²) < 4.78 is 42.4. The third-order valence-corrected chi connectivity index (χ3v) is 5.90. The largest absolute Gasteiger partial charge is 0.481 e. The van der Waals surface area contributed by atoms with E-state index in [4.69, 9.17) is 34.4 Å². The quantitative estimate of drug-likeness (QED) is 0.192. The van der Waals surface area contributed by atoms with Crippen molar-refractivity contribution in [3.63, 3.8) is 0 Å². The molecule has 1 aliphatic heterocycles. The standard InChI is InChI=1S/C15H16N6O7S.C6H15NO3/c1-25-10-8-11(26-2)18-14(17-10)19-15(22)21-29(23,24)13-9(4-3-5-16-13)12-20-28-7-6-27-12;8-4-1-7(2-5-9)3-6-10/h3-5,8H,6-7H2,1-2H3,(H2,17,18,19,21,22);8-10H,1-6H2. The van der Waals surface area contributed by atoms with Crippen LogP contribution in [0, 0.1) is 0 Å². The van der Waals surface area contributed by atoms with Crippen LogP contribution in [0.1, 0.15) is 5.56 Å². The lowest BCUT2D eigenvalue weighted by atomic mass is 10.3. The fourth-order valence-electron chi connectivity index (χ4n) is 2.93. The third-order valence-electron chi connectivity index (χ3n) is 4.62. The van der Waals surface area contributed by atoms with Crippen molar-refractivity contribution in [3.05, 3.63) is 30.0 Å². The van der Waals surface area contributed by atoms with Crippen LogP contribution < -0.4 is 19.5 Å². The number of carbonyl (C=O) groups excluding carboxylic acids is 1. The van der Waals surface area contributed by atoms with Crippen LogP contribution in [0.15, 0.2) is 34.6 Å². The van der Waals surface area contributed by atoms with E-state index < -0.39 is 21.1 Å². The number of pyridine rings is 1. The zero-order valence-electron chi connectivity index (χ0n) is 21.3. The van der Waals surface area contributed by atoms with Crippen molar-refractivity contribution in [2.45, 2.75) is 5.03 Å². The normalized spacial score (nSPS) is 12.7. The van der Waals surface area contributed by atoms with E-state index in [9.17, 15) is 13.2 Å². The lowest BCUT2D eigenvalue weighted by Crippen LogP contribution is -2.36. The van der Waals surface area contributed by atoms with Gasteiger partial charge >= 0.3 is 6.03 Å². The van der Waals surface area contributed by atoms with Crippen LogP contribution in [0.25, 0.3) is 0 Å². The van der Waals surface area contributed by atoms with Gasteiger partial charge in [-0.3, -0.25) is 10.2 Å². The molecular weight excluding hydrogens is 542 g/mol. The van der Waals surface area contributed by atoms with E-state index >= 15 is 0 Å². The van der Waals surface area contributed by atoms with Crippen LogP contribution in [-0.2, 0) is 19.6 Å². The van der Waals surface area contributed by atoms with Gasteiger partial charge in [0, 0.05) is 25.8 Å². The molecule has 0 unspecified atom stereocenters. The van der Waals surface area contributed by atoms with Crippen molar-refractivity contribution in [2.75, 3.05) is 72.2 Å². The van der Waals surface area contributed by atoms with E-state index in [1.54, 1.807) is 4.90 Å². The number of nitrogens with one attached hydrogen (secondary N) is 2. The summed E-state index contributed by atoms with van der Waals surface area (Å²) in [6.07, 6.45) is 1.25. The highest BCUT2D eigenvalue weighted by Crippen LogP contribution is 2.18. The first-order valence-corrected chi connectivity index (χ1v) is 12.9. The fraction of sp³-hybridized carbons (Fsp3) is 0.476. The lowest BCUT2D eigenvalue weighted by molar-refractivity contribution is 0.0653. The van der Waals surface area contributed by atoms with Crippen molar-refractivity contribution in [1.29, 1.82) is 0 Å². The molecule has 17 nitrogen and oxygen atoms in total. The summed E-state index contributed by atoms with van der Waals surface area (Å²) in [6, 6.07) is 3.17. The molecule has 1 aliphatic rings. The monoisotopic (exact) mass is 573 g/mol. The van der Waals surface area contributed by atoms with Gasteiger partial charge in [0.2, 0.25) is 17.7 Å². The maximum Gasteiger partial charge on any atom is 0.335 e. The van der Waals surface area contributed by atoms with Crippen LogP contribution in [0.5, 0.6) is 11.8 Å². The molecule has 3 heterocycles. The molecule has 216 valence electrons. The molecule has 39 heavy (non-hydrogen) atoms. The second kappa shape index (κ2) is 16.2. The first-order valence-electron chi connectivity index (χ1n) is 11.4. The number of hydrogen-bond acceptors (Lipinski definition) is 15. The fourth-order valence-corrected chi connectivity index (χ4v) is 3.96. The number of rotatable bonds is 12. The van der Waals surface area contributed by atoms with Gasteiger partial charge in [-0.2, -0.15) is 18.4 Å². The van der Waals surface area contributed by atoms with Gasteiger partial charge in [0.05, 0.1) is 45.7 Å². The number of methoxy groups -OCH3 is 2. The van der Waals surface area contributed by atoms with Gasteiger partial charge < -0.3 is 34.4 Å². The Kier molecular flexibility index (Phi) is 13.0. The number of anilines is 1. The summed E-state index contributed by atoms with van der Waals surface area (Å²) >= 11 is 0. The lowest BCUT2D eigenvalue weighted by Gasteiger charge is -2.17. The zero-order chi connectivity index (χ0) is 28.7. The van der Waals surface area contributed by atoms with Crippen molar-refractivity contribution in [2.24, 2.45) is 5.16 Å². The number of hydrogen-bond donors (Lipinski definition) is 5.